The normalized spacial score (nSPS) is 10.7. The molecular formula is C13H9ClFN5. The van der Waals surface area contributed by atoms with Crippen LogP contribution >= 0.6 is 11.6 Å². The van der Waals surface area contributed by atoms with Crippen LogP contribution in [0.3, 0.4) is 0 Å². The van der Waals surface area contributed by atoms with Gasteiger partial charge in [-0.2, -0.15) is 0 Å². The van der Waals surface area contributed by atoms with Crippen molar-refractivity contribution in [3.63, 3.8) is 0 Å². The van der Waals surface area contributed by atoms with E-state index < -0.39 is 5.82 Å². The van der Waals surface area contributed by atoms with Crippen molar-refractivity contribution >= 4 is 39.8 Å². The first kappa shape index (κ1) is 12.6. The van der Waals surface area contributed by atoms with E-state index in [2.05, 4.69) is 20.3 Å². The van der Waals surface area contributed by atoms with E-state index in [1.807, 2.05) is 0 Å². The van der Waals surface area contributed by atoms with Crippen LogP contribution in [0.1, 0.15) is 0 Å². The number of nitrogen functional groups attached to an aromatic ring is 1. The van der Waals surface area contributed by atoms with Gasteiger partial charge in [-0.05, 0) is 24.3 Å². The Kier molecular flexibility index (Phi) is 3.08. The van der Waals surface area contributed by atoms with Crippen LogP contribution in [-0.4, -0.2) is 15.0 Å². The Bertz CT molecular complexity index is 793. The third-order valence-corrected chi connectivity index (χ3v) is 2.94. The molecule has 0 amide bonds. The predicted octanol–water partition coefficient (Wildman–Crippen LogP) is 3.14. The molecule has 0 spiro atoms. The molecule has 1 aromatic carbocycles. The monoisotopic (exact) mass is 289 g/mol. The van der Waals surface area contributed by atoms with E-state index in [9.17, 15) is 4.39 Å². The Balaban J connectivity index is 2.11. The summed E-state index contributed by atoms with van der Waals surface area (Å²) in [6.45, 7) is 0. The SMILES string of the molecule is Nc1cccc(Nc2ncnc3ccc(Cl)nc23)c1F. The molecule has 0 aliphatic rings. The Morgan fingerprint density at radius 1 is 1.15 bits per heavy atom. The summed E-state index contributed by atoms with van der Waals surface area (Å²) in [6, 6.07) is 8.03. The fraction of sp³-hybridized carbons (Fsp3) is 0. The van der Waals surface area contributed by atoms with Crippen molar-refractivity contribution < 1.29 is 4.39 Å². The van der Waals surface area contributed by atoms with Gasteiger partial charge in [-0.3, -0.25) is 0 Å². The van der Waals surface area contributed by atoms with E-state index in [0.29, 0.717) is 22.0 Å². The van der Waals surface area contributed by atoms with E-state index in [1.165, 1.54) is 12.4 Å². The van der Waals surface area contributed by atoms with Gasteiger partial charge >= 0.3 is 0 Å². The quantitative estimate of drug-likeness (QED) is 0.560. The number of nitrogens with zero attached hydrogens (tertiary/aromatic N) is 3. The zero-order valence-electron chi connectivity index (χ0n) is 10.1. The number of nitrogens with two attached hydrogens (primary N) is 1. The van der Waals surface area contributed by atoms with Gasteiger partial charge in [0.1, 0.15) is 17.0 Å². The highest BCUT2D eigenvalue weighted by Crippen LogP contribution is 2.26. The summed E-state index contributed by atoms with van der Waals surface area (Å²) in [5.74, 6) is -0.178. The minimum Gasteiger partial charge on any atom is -0.396 e. The van der Waals surface area contributed by atoms with E-state index in [1.54, 1.807) is 24.3 Å². The lowest BCUT2D eigenvalue weighted by atomic mass is 10.2. The molecule has 0 fully saturated rings. The molecule has 0 aliphatic carbocycles. The number of hydrogen-bond donors (Lipinski definition) is 2. The summed E-state index contributed by atoms with van der Waals surface area (Å²) < 4.78 is 13.9. The number of benzene rings is 1. The van der Waals surface area contributed by atoms with Crippen LogP contribution in [0.5, 0.6) is 0 Å². The second kappa shape index (κ2) is 4.90. The highest BCUT2D eigenvalue weighted by Gasteiger charge is 2.10. The molecule has 0 saturated heterocycles. The molecule has 2 heterocycles. The fourth-order valence-electron chi connectivity index (χ4n) is 1.78. The summed E-state index contributed by atoms with van der Waals surface area (Å²) in [5, 5.41) is 3.16. The molecule has 100 valence electrons. The highest BCUT2D eigenvalue weighted by molar-refractivity contribution is 6.29. The van der Waals surface area contributed by atoms with Crippen molar-refractivity contribution in [3.05, 3.63) is 47.6 Å². The van der Waals surface area contributed by atoms with Crippen LogP contribution in [0.25, 0.3) is 11.0 Å². The lowest BCUT2D eigenvalue weighted by Crippen LogP contribution is -2.01. The maximum Gasteiger partial charge on any atom is 0.169 e. The molecule has 0 radical (unpaired) electrons. The van der Waals surface area contributed by atoms with E-state index >= 15 is 0 Å². The second-order valence-corrected chi connectivity index (χ2v) is 4.45. The third kappa shape index (κ3) is 2.21. The number of pyridine rings is 1. The molecule has 0 aliphatic heterocycles. The van der Waals surface area contributed by atoms with Gasteiger partial charge in [-0.15, -0.1) is 0 Å². The van der Waals surface area contributed by atoms with Gasteiger partial charge in [0.05, 0.1) is 16.9 Å². The molecular weight excluding hydrogens is 281 g/mol. The van der Waals surface area contributed by atoms with Gasteiger partial charge in [-0.1, -0.05) is 17.7 Å². The standard InChI is InChI=1S/C13H9ClFN5/c14-10-5-4-9-12(20-10)13(18-6-17-9)19-8-3-1-2-7(16)11(8)15/h1-6H,16H2,(H,17,18,19). The van der Waals surface area contributed by atoms with E-state index in [4.69, 9.17) is 17.3 Å². The number of fused-ring (bicyclic) bond motifs is 1. The molecule has 7 heteroatoms. The zero-order valence-corrected chi connectivity index (χ0v) is 10.9. The lowest BCUT2D eigenvalue weighted by Gasteiger charge is -2.09. The van der Waals surface area contributed by atoms with E-state index in [0.717, 1.165) is 0 Å². The summed E-state index contributed by atoms with van der Waals surface area (Å²) in [7, 11) is 0. The first-order valence-corrected chi connectivity index (χ1v) is 6.11. The molecule has 0 bridgehead atoms. The van der Waals surface area contributed by atoms with E-state index in [-0.39, 0.29) is 11.4 Å². The van der Waals surface area contributed by atoms with Crippen molar-refractivity contribution in [1.82, 2.24) is 15.0 Å². The number of rotatable bonds is 2. The third-order valence-electron chi connectivity index (χ3n) is 2.73. The molecule has 3 rings (SSSR count). The van der Waals surface area contributed by atoms with Crippen LogP contribution in [0, 0.1) is 5.82 Å². The average molecular weight is 290 g/mol. The van der Waals surface area contributed by atoms with Gasteiger partial charge in [0.2, 0.25) is 0 Å². The zero-order chi connectivity index (χ0) is 14.1. The van der Waals surface area contributed by atoms with Gasteiger partial charge in [0.25, 0.3) is 0 Å². The van der Waals surface area contributed by atoms with Crippen LogP contribution in [-0.2, 0) is 0 Å². The maximum atomic E-state index is 13.9. The first-order valence-electron chi connectivity index (χ1n) is 5.73. The number of nitrogens with one attached hydrogen (secondary N) is 1. The maximum absolute atomic E-state index is 13.9. The minimum absolute atomic E-state index is 0.0550. The predicted molar refractivity (Wildman–Crippen MR) is 76.4 cm³/mol. The fourth-order valence-corrected chi connectivity index (χ4v) is 1.93. The molecule has 0 unspecified atom stereocenters. The molecule has 3 aromatic rings. The summed E-state index contributed by atoms with van der Waals surface area (Å²) in [4.78, 5) is 12.3. The van der Waals surface area contributed by atoms with Crippen molar-refractivity contribution in [3.8, 4) is 0 Å². The topological polar surface area (TPSA) is 76.7 Å². The summed E-state index contributed by atoms with van der Waals surface area (Å²) in [6.07, 6.45) is 1.37. The second-order valence-electron chi connectivity index (χ2n) is 4.06. The van der Waals surface area contributed by atoms with Gasteiger partial charge < -0.3 is 11.1 Å². The number of halogens is 2. The largest absolute Gasteiger partial charge is 0.396 e. The Morgan fingerprint density at radius 3 is 2.85 bits per heavy atom. The van der Waals surface area contributed by atoms with Crippen LogP contribution < -0.4 is 11.1 Å². The summed E-state index contributed by atoms with van der Waals surface area (Å²) >= 11 is 5.86. The number of hydrogen-bond acceptors (Lipinski definition) is 5. The molecule has 0 atom stereocenters. The molecule has 2 aromatic heterocycles. The average Bonchev–Trinajstić information content (AvgIpc) is 2.44. The van der Waals surface area contributed by atoms with Crippen LogP contribution in [0.15, 0.2) is 36.7 Å². The number of anilines is 3. The Labute approximate surface area is 118 Å². The van der Waals surface area contributed by atoms with Gasteiger partial charge in [0.15, 0.2) is 11.6 Å². The molecule has 20 heavy (non-hydrogen) atoms. The molecule has 0 saturated carbocycles. The van der Waals surface area contributed by atoms with Gasteiger partial charge in [-0.25, -0.2) is 19.3 Å². The van der Waals surface area contributed by atoms with Crippen LogP contribution in [0.2, 0.25) is 5.15 Å². The van der Waals surface area contributed by atoms with Crippen molar-refractivity contribution in [2.75, 3.05) is 11.1 Å². The van der Waals surface area contributed by atoms with Crippen LogP contribution in [0.4, 0.5) is 21.6 Å². The number of aromatic nitrogens is 3. The van der Waals surface area contributed by atoms with Crippen molar-refractivity contribution in [2.24, 2.45) is 0 Å². The minimum atomic E-state index is -0.540. The first-order chi connectivity index (χ1) is 9.65. The summed E-state index contributed by atoms with van der Waals surface area (Å²) in [5.41, 5.74) is 6.86. The Hall–Kier alpha value is -2.47. The van der Waals surface area contributed by atoms with Crippen molar-refractivity contribution in [1.29, 1.82) is 0 Å². The molecule has 5 nitrogen and oxygen atoms in total. The molecule has 3 N–H and O–H groups in total. The smallest absolute Gasteiger partial charge is 0.169 e. The highest BCUT2D eigenvalue weighted by atomic mass is 35.5. The lowest BCUT2D eigenvalue weighted by molar-refractivity contribution is 0.636. The van der Waals surface area contributed by atoms with Gasteiger partial charge in [0, 0.05) is 0 Å². The van der Waals surface area contributed by atoms with Crippen molar-refractivity contribution in [2.45, 2.75) is 0 Å². The Morgan fingerprint density at radius 2 is 2.00 bits per heavy atom.